The lowest BCUT2D eigenvalue weighted by Gasteiger charge is -2.23. The largest absolute Gasteiger partial charge is 0.312 e. The predicted octanol–water partition coefficient (Wildman–Crippen LogP) is 4.91. The van der Waals surface area contributed by atoms with E-state index < -0.39 is 10.0 Å². The van der Waals surface area contributed by atoms with Crippen molar-refractivity contribution in [2.24, 2.45) is 0 Å². The first kappa shape index (κ1) is 20.0. The third kappa shape index (κ3) is 4.64. The molecule has 0 saturated heterocycles. The van der Waals surface area contributed by atoms with E-state index in [1.807, 2.05) is 34.6 Å². The van der Waals surface area contributed by atoms with Crippen molar-refractivity contribution in [1.82, 2.24) is 10.3 Å². The first-order valence-electron chi connectivity index (χ1n) is 9.18. The van der Waals surface area contributed by atoms with E-state index in [1.165, 1.54) is 11.1 Å². The molecule has 0 bridgehead atoms. The maximum atomic E-state index is 13.1. The van der Waals surface area contributed by atoms with Crippen LogP contribution in [0.5, 0.6) is 0 Å². The summed E-state index contributed by atoms with van der Waals surface area (Å²) in [7, 11) is -3.65. The molecule has 0 spiro atoms. The van der Waals surface area contributed by atoms with Gasteiger partial charge >= 0.3 is 0 Å². The van der Waals surface area contributed by atoms with Gasteiger partial charge in [-0.1, -0.05) is 53.7 Å². The molecule has 5 heteroatoms. The van der Waals surface area contributed by atoms with Crippen molar-refractivity contribution >= 4 is 10.0 Å². The minimum absolute atomic E-state index is 0.130. The number of hydrogen-bond donors (Lipinski definition) is 2. The normalized spacial score (nSPS) is 14.6. The van der Waals surface area contributed by atoms with Crippen molar-refractivity contribution in [3.8, 4) is 0 Å². The van der Waals surface area contributed by atoms with Gasteiger partial charge in [0.2, 0.25) is 0 Å². The Balaban J connectivity index is 2.54. The van der Waals surface area contributed by atoms with Gasteiger partial charge in [0.25, 0.3) is 10.0 Å². The van der Waals surface area contributed by atoms with Gasteiger partial charge < -0.3 is 5.43 Å². The Morgan fingerprint density at radius 2 is 1.40 bits per heavy atom. The Morgan fingerprint density at radius 3 is 1.76 bits per heavy atom. The summed E-state index contributed by atoms with van der Waals surface area (Å²) >= 11 is 0. The maximum absolute atomic E-state index is 13.1. The Morgan fingerprint density at radius 1 is 0.920 bits per heavy atom. The molecule has 0 amide bonds. The van der Waals surface area contributed by atoms with Crippen LogP contribution in [-0.4, -0.2) is 8.42 Å². The summed E-state index contributed by atoms with van der Waals surface area (Å²) < 4.78 is 26.2. The summed E-state index contributed by atoms with van der Waals surface area (Å²) in [6.07, 6.45) is 2.11. The van der Waals surface area contributed by atoms with Crippen LogP contribution in [0.4, 0.5) is 0 Å². The molecule has 0 aliphatic heterocycles. The quantitative estimate of drug-likeness (QED) is 0.676. The number of nitrogens with one attached hydrogen (secondary N) is 2. The fourth-order valence-corrected chi connectivity index (χ4v) is 4.52. The highest BCUT2D eigenvalue weighted by atomic mass is 32.2. The third-order valence-electron chi connectivity index (χ3n) is 4.75. The van der Waals surface area contributed by atoms with E-state index in [1.54, 1.807) is 0 Å². The van der Waals surface area contributed by atoms with E-state index in [-0.39, 0.29) is 11.8 Å². The van der Waals surface area contributed by atoms with Crippen molar-refractivity contribution in [1.29, 1.82) is 0 Å². The Bertz CT molecular complexity index is 740. The molecular weight excluding hydrogens is 332 g/mol. The number of hydrazine groups is 1. The topological polar surface area (TPSA) is 58.2 Å². The fourth-order valence-electron chi connectivity index (χ4n) is 2.92. The van der Waals surface area contributed by atoms with E-state index in [4.69, 9.17) is 0 Å². The number of allylic oxidation sites excluding steroid dienone is 2. The summed E-state index contributed by atoms with van der Waals surface area (Å²) in [6.45, 7) is 14.4. The van der Waals surface area contributed by atoms with Crippen molar-refractivity contribution in [3.05, 3.63) is 40.1 Å². The molecule has 0 heterocycles. The van der Waals surface area contributed by atoms with E-state index >= 15 is 0 Å². The average molecular weight is 365 g/mol. The van der Waals surface area contributed by atoms with Crippen LogP contribution in [0.25, 0.3) is 0 Å². The van der Waals surface area contributed by atoms with Crippen LogP contribution in [0.2, 0.25) is 0 Å². The van der Waals surface area contributed by atoms with Gasteiger partial charge in [-0.05, 0) is 59.8 Å². The van der Waals surface area contributed by atoms with Crippen LogP contribution < -0.4 is 10.3 Å². The first-order valence-corrected chi connectivity index (χ1v) is 10.7. The van der Waals surface area contributed by atoms with Gasteiger partial charge in [-0.25, -0.2) is 8.42 Å². The molecule has 1 saturated carbocycles. The number of benzene rings is 1. The zero-order valence-corrected chi connectivity index (χ0v) is 17.3. The standard InChI is InChI=1S/C20H32N2O2S/c1-12(2)17-10-18(13(3)4)20(19(11-17)14(5)6)25(23,24)22-21-15(7)16-8-9-16/h10-14,21-22H,8-9H2,1-7H3. The second kappa shape index (κ2) is 7.50. The molecule has 25 heavy (non-hydrogen) atoms. The van der Waals surface area contributed by atoms with Gasteiger partial charge in [0.1, 0.15) is 0 Å². The van der Waals surface area contributed by atoms with Crippen LogP contribution in [0.3, 0.4) is 0 Å². The highest BCUT2D eigenvalue weighted by Gasteiger charge is 2.27. The minimum atomic E-state index is -3.65. The zero-order valence-electron chi connectivity index (χ0n) is 16.5. The van der Waals surface area contributed by atoms with Crippen LogP contribution in [-0.2, 0) is 10.0 Å². The highest BCUT2D eigenvalue weighted by molar-refractivity contribution is 7.89. The lowest BCUT2D eigenvalue weighted by atomic mass is 9.89. The van der Waals surface area contributed by atoms with Crippen LogP contribution >= 0.6 is 0 Å². The molecule has 1 aliphatic rings. The van der Waals surface area contributed by atoms with Crippen molar-refractivity contribution in [2.75, 3.05) is 0 Å². The van der Waals surface area contributed by atoms with E-state index in [9.17, 15) is 8.42 Å². The molecule has 0 atom stereocenters. The van der Waals surface area contributed by atoms with Gasteiger partial charge in [-0.3, -0.25) is 0 Å². The molecule has 4 nitrogen and oxygen atoms in total. The second-order valence-corrected chi connectivity index (χ2v) is 9.57. The summed E-state index contributed by atoms with van der Waals surface area (Å²) in [6, 6.07) is 4.12. The Kier molecular flexibility index (Phi) is 6.00. The lowest BCUT2D eigenvalue weighted by Crippen LogP contribution is -2.37. The van der Waals surface area contributed by atoms with Gasteiger partial charge in [0.05, 0.1) is 4.90 Å². The molecule has 2 N–H and O–H groups in total. The average Bonchev–Trinajstić information content (AvgIpc) is 3.35. The first-order chi connectivity index (χ1) is 11.5. The van der Waals surface area contributed by atoms with Gasteiger partial charge in [-0.2, -0.15) is 0 Å². The monoisotopic (exact) mass is 364 g/mol. The number of hydrogen-bond acceptors (Lipinski definition) is 3. The molecule has 0 unspecified atom stereocenters. The maximum Gasteiger partial charge on any atom is 0.257 e. The third-order valence-corrected chi connectivity index (χ3v) is 6.13. The van der Waals surface area contributed by atoms with Crippen LogP contribution in [0.1, 0.15) is 95.8 Å². The summed E-state index contributed by atoms with van der Waals surface area (Å²) in [5, 5.41) is 0. The minimum Gasteiger partial charge on any atom is -0.312 e. The predicted molar refractivity (Wildman–Crippen MR) is 104 cm³/mol. The zero-order chi connectivity index (χ0) is 18.9. The molecule has 1 aromatic carbocycles. The summed E-state index contributed by atoms with van der Waals surface area (Å²) in [5.41, 5.74) is 8.06. The van der Waals surface area contributed by atoms with Crippen molar-refractivity contribution in [2.45, 2.75) is 84.0 Å². The number of rotatable bonds is 7. The molecule has 0 aromatic heterocycles. The summed E-state index contributed by atoms with van der Waals surface area (Å²) in [4.78, 5) is 3.03. The van der Waals surface area contributed by atoms with Gasteiger partial charge in [0.15, 0.2) is 0 Å². The molecule has 2 rings (SSSR count). The van der Waals surface area contributed by atoms with Crippen LogP contribution in [0, 0.1) is 0 Å². The fraction of sp³-hybridized carbons (Fsp3) is 0.600. The molecule has 1 fully saturated rings. The molecule has 0 radical (unpaired) electrons. The number of sulfonamides is 1. The van der Waals surface area contributed by atoms with Gasteiger partial charge in [-0.15, -0.1) is 4.83 Å². The van der Waals surface area contributed by atoms with Gasteiger partial charge in [0, 0.05) is 5.70 Å². The Labute approximate surface area is 153 Å². The molecule has 140 valence electrons. The second-order valence-electron chi connectivity index (χ2n) is 7.95. The van der Waals surface area contributed by atoms with E-state index in [0.717, 1.165) is 29.7 Å². The van der Waals surface area contributed by atoms with Crippen molar-refractivity contribution in [3.63, 3.8) is 0 Å². The molecule has 1 aliphatic carbocycles. The SMILES string of the molecule is CC(NNS(=O)(=O)c1c(C(C)C)cc(C(C)C)cc1C(C)C)=C1CC1. The Hall–Kier alpha value is -1.33. The molecular formula is C20H32N2O2S. The smallest absolute Gasteiger partial charge is 0.257 e. The van der Waals surface area contributed by atoms with Crippen LogP contribution in [0.15, 0.2) is 28.3 Å². The lowest BCUT2D eigenvalue weighted by molar-refractivity contribution is 0.565. The van der Waals surface area contributed by atoms with Crippen molar-refractivity contribution < 1.29 is 8.42 Å². The molecule has 1 aromatic rings. The van der Waals surface area contributed by atoms with E-state index in [0.29, 0.717) is 10.8 Å². The summed E-state index contributed by atoms with van der Waals surface area (Å²) in [5.74, 6) is 0.621. The highest BCUT2D eigenvalue weighted by Crippen LogP contribution is 2.35. The van der Waals surface area contributed by atoms with E-state index in [2.05, 4.69) is 36.2 Å².